The van der Waals surface area contributed by atoms with Gasteiger partial charge in [0.05, 0.1) is 18.1 Å². The third-order valence-electron chi connectivity index (χ3n) is 2.07. The van der Waals surface area contributed by atoms with Crippen LogP contribution in [-0.4, -0.2) is 18.1 Å². The third-order valence-corrected chi connectivity index (χ3v) is 2.21. The predicted octanol–water partition coefficient (Wildman–Crippen LogP) is 2.58. The highest BCUT2D eigenvalue weighted by atomic mass is 35.5. The van der Waals surface area contributed by atoms with Crippen molar-refractivity contribution in [2.75, 3.05) is 5.88 Å². The molecule has 1 saturated heterocycles. The van der Waals surface area contributed by atoms with Crippen molar-refractivity contribution < 1.29 is 4.74 Å². The van der Waals surface area contributed by atoms with Crippen LogP contribution in [0.4, 0.5) is 0 Å². The summed E-state index contributed by atoms with van der Waals surface area (Å²) in [5.41, 5.74) is 0. The van der Waals surface area contributed by atoms with Crippen molar-refractivity contribution in [2.45, 2.75) is 44.8 Å². The predicted molar refractivity (Wildman–Crippen MR) is 51.3 cm³/mol. The summed E-state index contributed by atoms with van der Waals surface area (Å²) in [6, 6.07) is 0. The quantitative estimate of drug-likeness (QED) is 0.285. The molecule has 2 heteroatoms. The summed E-state index contributed by atoms with van der Waals surface area (Å²) in [5.74, 6) is 6.31. The fourth-order valence-corrected chi connectivity index (χ4v) is 1.41. The molecule has 12 heavy (non-hydrogen) atoms. The largest absolute Gasteiger partial charge is 0.370 e. The van der Waals surface area contributed by atoms with Crippen LogP contribution in [0.5, 0.6) is 0 Å². The summed E-state index contributed by atoms with van der Waals surface area (Å²) in [5, 5.41) is 0. The van der Waals surface area contributed by atoms with Crippen LogP contribution in [0, 0.1) is 11.8 Å². The van der Waals surface area contributed by atoms with Gasteiger partial charge in [-0.25, -0.2) is 0 Å². The molecule has 1 aliphatic heterocycles. The molecule has 0 N–H and O–H groups in total. The first-order valence-electron chi connectivity index (χ1n) is 4.55. The molecule has 1 fully saturated rings. The lowest BCUT2D eigenvalue weighted by atomic mass is 10.1. The second-order valence-corrected chi connectivity index (χ2v) is 3.27. The van der Waals surface area contributed by atoms with E-state index in [0.717, 1.165) is 25.7 Å². The van der Waals surface area contributed by atoms with Crippen LogP contribution < -0.4 is 0 Å². The van der Waals surface area contributed by atoms with E-state index in [0.29, 0.717) is 18.1 Å². The van der Waals surface area contributed by atoms with Crippen molar-refractivity contribution in [3.05, 3.63) is 0 Å². The molecule has 0 radical (unpaired) electrons. The van der Waals surface area contributed by atoms with E-state index in [4.69, 9.17) is 16.3 Å². The van der Waals surface area contributed by atoms with Crippen LogP contribution in [0.3, 0.4) is 0 Å². The Kier molecular flexibility index (Phi) is 4.50. The van der Waals surface area contributed by atoms with Crippen LogP contribution in [0.2, 0.25) is 0 Å². The van der Waals surface area contributed by atoms with Gasteiger partial charge in [-0.2, -0.15) is 0 Å². The lowest BCUT2D eigenvalue weighted by molar-refractivity contribution is 0.357. The van der Waals surface area contributed by atoms with Crippen molar-refractivity contribution >= 4 is 11.6 Å². The molecule has 1 heterocycles. The Morgan fingerprint density at radius 2 is 2.17 bits per heavy atom. The summed E-state index contributed by atoms with van der Waals surface area (Å²) >= 11 is 5.40. The summed E-state index contributed by atoms with van der Waals surface area (Å²) in [4.78, 5) is 0. The summed E-state index contributed by atoms with van der Waals surface area (Å²) < 4.78 is 5.40. The lowest BCUT2D eigenvalue weighted by Crippen LogP contribution is -1.91. The smallest absolute Gasteiger partial charge is 0.0842 e. The minimum absolute atomic E-state index is 0.456. The van der Waals surface area contributed by atoms with Gasteiger partial charge in [0, 0.05) is 6.42 Å². The van der Waals surface area contributed by atoms with Gasteiger partial charge in [-0.15, -0.1) is 17.5 Å². The van der Waals surface area contributed by atoms with Gasteiger partial charge in [0.25, 0.3) is 0 Å². The van der Waals surface area contributed by atoms with Crippen LogP contribution in [-0.2, 0) is 4.74 Å². The summed E-state index contributed by atoms with van der Waals surface area (Å²) in [6.07, 6.45) is 5.50. The Morgan fingerprint density at radius 1 is 1.33 bits per heavy atom. The molecule has 1 nitrogen and oxygen atoms in total. The monoisotopic (exact) mass is 186 g/mol. The molecular weight excluding hydrogens is 172 g/mol. The molecule has 0 aromatic rings. The van der Waals surface area contributed by atoms with Crippen LogP contribution in [0.25, 0.3) is 0 Å². The maximum absolute atomic E-state index is 5.40. The van der Waals surface area contributed by atoms with Gasteiger partial charge in [0.15, 0.2) is 0 Å². The zero-order chi connectivity index (χ0) is 8.81. The van der Waals surface area contributed by atoms with E-state index in [9.17, 15) is 0 Å². The fourth-order valence-electron chi connectivity index (χ4n) is 1.32. The molecule has 2 atom stereocenters. The van der Waals surface area contributed by atoms with E-state index in [-0.39, 0.29) is 0 Å². The maximum Gasteiger partial charge on any atom is 0.0842 e. The van der Waals surface area contributed by atoms with Gasteiger partial charge >= 0.3 is 0 Å². The summed E-state index contributed by atoms with van der Waals surface area (Å²) in [6.45, 7) is 2.16. The van der Waals surface area contributed by atoms with Crippen molar-refractivity contribution in [1.82, 2.24) is 0 Å². The van der Waals surface area contributed by atoms with E-state index in [1.807, 2.05) is 0 Å². The minimum atomic E-state index is 0.456. The average molecular weight is 187 g/mol. The number of rotatable bonds is 4. The molecule has 1 aliphatic rings. The molecule has 0 saturated carbocycles. The standard InChI is InChI=1S/C10H15ClO/c1-2-9-10(12-9)7-5-3-4-6-8-11/h9-10H,2-3,5,7-8H2,1H3/t9-,10+/m1/s1. The van der Waals surface area contributed by atoms with E-state index in [1.165, 1.54) is 0 Å². The Labute approximate surface area is 79.4 Å². The van der Waals surface area contributed by atoms with Gasteiger partial charge in [-0.05, 0) is 19.3 Å². The molecule has 0 aliphatic carbocycles. The van der Waals surface area contributed by atoms with E-state index in [2.05, 4.69) is 18.8 Å². The van der Waals surface area contributed by atoms with Gasteiger partial charge < -0.3 is 4.74 Å². The topological polar surface area (TPSA) is 12.5 Å². The Morgan fingerprint density at radius 3 is 2.75 bits per heavy atom. The SMILES string of the molecule is CC[C@H]1O[C@H]1CCCC#CCCl. The maximum atomic E-state index is 5.40. The number of alkyl halides is 1. The molecule has 68 valence electrons. The third kappa shape index (κ3) is 3.47. The molecule has 1 rings (SSSR count). The second-order valence-electron chi connectivity index (χ2n) is 3.00. The van der Waals surface area contributed by atoms with Crippen molar-refractivity contribution in [2.24, 2.45) is 0 Å². The molecule has 0 spiro atoms. The number of unbranched alkanes of at least 4 members (excludes halogenated alkanes) is 1. The highest BCUT2D eigenvalue weighted by Crippen LogP contribution is 2.29. The zero-order valence-corrected chi connectivity index (χ0v) is 8.23. The molecule has 0 bridgehead atoms. The first kappa shape index (κ1) is 9.89. The van der Waals surface area contributed by atoms with Gasteiger partial charge in [-0.1, -0.05) is 12.8 Å². The van der Waals surface area contributed by atoms with Crippen LogP contribution in [0.1, 0.15) is 32.6 Å². The fraction of sp³-hybridized carbons (Fsp3) is 0.800. The Balaban J connectivity index is 1.90. The van der Waals surface area contributed by atoms with Crippen molar-refractivity contribution in [3.63, 3.8) is 0 Å². The number of hydrogen-bond donors (Lipinski definition) is 0. The van der Waals surface area contributed by atoms with Gasteiger partial charge in [0.1, 0.15) is 0 Å². The first-order chi connectivity index (χ1) is 5.88. The zero-order valence-electron chi connectivity index (χ0n) is 7.48. The minimum Gasteiger partial charge on any atom is -0.370 e. The highest BCUT2D eigenvalue weighted by Gasteiger charge is 2.35. The van der Waals surface area contributed by atoms with Gasteiger partial charge in [-0.3, -0.25) is 0 Å². The van der Waals surface area contributed by atoms with E-state index >= 15 is 0 Å². The molecule has 0 aromatic heterocycles. The number of epoxide rings is 1. The van der Waals surface area contributed by atoms with E-state index < -0.39 is 0 Å². The highest BCUT2D eigenvalue weighted by molar-refractivity contribution is 6.19. The number of halogens is 1. The van der Waals surface area contributed by atoms with Crippen LogP contribution >= 0.6 is 11.6 Å². The van der Waals surface area contributed by atoms with E-state index in [1.54, 1.807) is 0 Å². The van der Waals surface area contributed by atoms with Crippen LogP contribution in [0.15, 0.2) is 0 Å². The van der Waals surface area contributed by atoms with Gasteiger partial charge in [0.2, 0.25) is 0 Å². The first-order valence-corrected chi connectivity index (χ1v) is 5.09. The normalized spacial score (nSPS) is 26.2. The average Bonchev–Trinajstić information content (AvgIpc) is 2.83. The Bertz CT molecular complexity index is 180. The second kappa shape index (κ2) is 5.45. The molecular formula is C10H15ClO. The van der Waals surface area contributed by atoms with Crippen molar-refractivity contribution in [1.29, 1.82) is 0 Å². The van der Waals surface area contributed by atoms with Crippen molar-refractivity contribution in [3.8, 4) is 11.8 Å². The number of ether oxygens (including phenoxy) is 1. The molecule has 0 aromatic carbocycles. The lowest BCUT2D eigenvalue weighted by Gasteiger charge is -1.89. The molecule has 0 unspecified atom stereocenters. The summed E-state index contributed by atoms with van der Waals surface area (Å²) in [7, 11) is 0. The number of hydrogen-bond acceptors (Lipinski definition) is 1. The Hall–Kier alpha value is -0.190. The molecule has 0 amide bonds.